The van der Waals surface area contributed by atoms with Crippen molar-refractivity contribution in [1.82, 2.24) is 9.80 Å². The van der Waals surface area contributed by atoms with Crippen molar-refractivity contribution in [2.45, 2.75) is 57.5 Å². The van der Waals surface area contributed by atoms with Crippen molar-refractivity contribution in [3.05, 3.63) is 0 Å². The molecule has 110 valence electrons. The van der Waals surface area contributed by atoms with Gasteiger partial charge in [0.15, 0.2) is 0 Å². The summed E-state index contributed by atoms with van der Waals surface area (Å²) in [5.41, 5.74) is 5.60. The van der Waals surface area contributed by atoms with Gasteiger partial charge in [0, 0.05) is 26.2 Å². The van der Waals surface area contributed by atoms with Gasteiger partial charge >= 0.3 is 0 Å². The van der Waals surface area contributed by atoms with Gasteiger partial charge in [-0.05, 0) is 51.5 Å². The molecule has 1 atom stereocenters. The number of hydrogen-bond acceptors (Lipinski definition) is 3. The highest BCUT2D eigenvalue weighted by molar-refractivity contribution is 5.86. The summed E-state index contributed by atoms with van der Waals surface area (Å²) in [6.07, 6.45) is 5.61. The Morgan fingerprint density at radius 1 is 1.32 bits per heavy atom. The van der Waals surface area contributed by atoms with Gasteiger partial charge in [-0.25, -0.2) is 0 Å². The lowest BCUT2D eigenvalue weighted by Crippen LogP contribution is -2.57. The second-order valence-electron chi connectivity index (χ2n) is 6.55. The van der Waals surface area contributed by atoms with E-state index in [-0.39, 0.29) is 5.91 Å². The number of hydrogen-bond donors (Lipinski definition) is 1. The van der Waals surface area contributed by atoms with Crippen LogP contribution in [0.4, 0.5) is 0 Å². The summed E-state index contributed by atoms with van der Waals surface area (Å²) in [4.78, 5) is 17.0. The predicted octanol–water partition coefficient (Wildman–Crippen LogP) is 1.45. The molecule has 1 unspecified atom stereocenters. The highest BCUT2D eigenvalue weighted by atomic mass is 16.2. The van der Waals surface area contributed by atoms with Crippen molar-refractivity contribution in [3.63, 3.8) is 0 Å². The van der Waals surface area contributed by atoms with E-state index in [1.165, 1.54) is 13.0 Å². The number of rotatable bonds is 5. The Kier molecular flexibility index (Phi) is 4.51. The molecule has 1 heterocycles. The van der Waals surface area contributed by atoms with Crippen LogP contribution in [0, 0.1) is 5.92 Å². The molecule has 2 fully saturated rings. The average molecular weight is 267 g/mol. The van der Waals surface area contributed by atoms with Crippen LogP contribution in [-0.4, -0.2) is 54.0 Å². The Morgan fingerprint density at radius 2 is 1.89 bits per heavy atom. The fourth-order valence-corrected chi connectivity index (χ4v) is 3.25. The molecule has 4 heteroatoms. The Balaban J connectivity index is 1.86. The zero-order valence-electron chi connectivity index (χ0n) is 12.7. The monoisotopic (exact) mass is 267 g/mol. The molecule has 0 aromatic rings. The van der Waals surface area contributed by atoms with E-state index in [4.69, 9.17) is 5.73 Å². The second kappa shape index (κ2) is 5.80. The first-order chi connectivity index (χ1) is 8.96. The van der Waals surface area contributed by atoms with Gasteiger partial charge in [0.2, 0.25) is 5.91 Å². The van der Waals surface area contributed by atoms with Crippen LogP contribution in [0.1, 0.15) is 46.0 Å². The molecule has 4 nitrogen and oxygen atoms in total. The third kappa shape index (κ3) is 3.29. The molecule has 0 aromatic heterocycles. The van der Waals surface area contributed by atoms with Crippen LogP contribution in [0.3, 0.4) is 0 Å². The lowest BCUT2D eigenvalue weighted by atomic mass is 9.93. The normalized spacial score (nSPS) is 25.1. The van der Waals surface area contributed by atoms with Crippen molar-refractivity contribution in [1.29, 1.82) is 0 Å². The molecule has 1 aliphatic carbocycles. The summed E-state index contributed by atoms with van der Waals surface area (Å²) in [6, 6.07) is 0.377. The van der Waals surface area contributed by atoms with Crippen LogP contribution in [0.25, 0.3) is 0 Å². The number of amides is 1. The summed E-state index contributed by atoms with van der Waals surface area (Å²) in [5, 5.41) is 0. The number of piperidine rings is 1. The van der Waals surface area contributed by atoms with Gasteiger partial charge in [0.25, 0.3) is 0 Å². The van der Waals surface area contributed by atoms with Gasteiger partial charge < -0.3 is 15.5 Å². The molecule has 19 heavy (non-hydrogen) atoms. The van der Waals surface area contributed by atoms with Crippen LogP contribution in [-0.2, 0) is 4.79 Å². The smallest absolute Gasteiger partial charge is 0.242 e. The zero-order chi connectivity index (χ0) is 14.0. The largest absolute Gasteiger partial charge is 0.341 e. The van der Waals surface area contributed by atoms with E-state index in [9.17, 15) is 4.79 Å². The van der Waals surface area contributed by atoms with Crippen LogP contribution >= 0.6 is 0 Å². The zero-order valence-corrected chi connectivity index (χ0v) is 12.7. The molecule has 2 rings (SSSR count). The number of nitrogens with two attached hydrogens (primary N) is 1. The Morgan fingerprint density at radius 3 is 2.37 bits per heavy atom. The molecule has 1 saturated heterocycles. The Labute approximate surface area is 117 Å². The van der Waals surface area contributed by atoms with Crippen molar-refractivity contribution in [2.24, 2.45) is 11.7 Å². The molecule has 1 aliphatic heterocycles. The Bertz CT molecular complexity index is 317. The van der Waals surface area contributed by atoms with Crippen molar-refractivity contribution in [3.8, 4) is 0 Å². The molecule has 1 saturated carbocycles. The second-order valence-corrected chi connectivity index (χ2v) is 6.55. The topological polar surface area (TPSA) is 49.6 Å². The van der Waals surface area contributed by atoms with E-state index in [1.807, 2.05) is 18.9 Å². The number of likely N-dealkylation sites (N-methyl/N-ethyl adjacent to an activating group) is 1. The van der Waals surface area contributed by atoms with Crippen LogP contribution in [0.5, 0.6) is 0 Å². The molecular weight excluding hydrogens is 238 g/mol. The van der Waals surface area contributed by atoms with E-state index < -0.39 is 5.54 Å². The summed E-state index contributed by atoms with van der Waals surface area (Å²) in [5.74, 6) is 0.548. The van der Waals surface area contributed by atoms with Gasteiger partial charge in [-0.2, -0.15) is 0 Å². The highest BCUT2D eigenvalue weighted by Gasteiger charge is 2.46. The fraction of sp³-hybridized carbons (Fsp3) is 0.933. The van der Waals surface area contributed by atoms with Gasteiger partial charge in [0.1, 0.15) is 0 Å². The minimum Gasteiger partial charge on any atom is -0.341 e. The lowest BCUT2D eigenvalue weighted by molar-refractivity contribution is -0.138. The van der Waals surface area contributed by atoms with Crippen molar-refractivity contribution in [2.75, 3.05) is 26.7 Å². The third-order valence-electron chi connectivity index (χ3n) is 4.85. The molecule has 0 aromatic carbocycles. The number of nitrogens with zero attached hydrogens (tertiary/aromatic N) is 2. The van der Waals surface area contributed by atoms with E-state index >= 15 is 0 Å². The first-order valence-corrected chi connectivity index (χ1v) is 7.75. The fourth-order valence-electron chi connectivity index (χ4n) is 3.25. The van der Waals surface area contributed by atoms with Gasteiger partial charge in [-0.3, -0.25) is 4.79 Å². The first kappa shape index (κ1) is 14.8. The number of carbonyl (C=O) groups is 1. The maximum Gasteiger partial charge on any atom is 0.242 e. The van der Waals surface area contributed by atoms with Gasteiger partial charge in [-0.15, -0.1) is 0 Å². The van der Waals surface area contributed by atoms with E-state index in [0.717, 1.165) is 38.8 Å². The summed E-state index contributed by atoms with van der Waals surface area (Å²) >= 11 is 0. The molecule has 2 N–H and O–H groups in total. The van der Waals surface area contributed by atoms with Crippen LogP contribution in [0.15, 0.2) is 0 Å². The minimum absolute atomic E-state index is 0.143. The third-order valence-corrected chi connectivity index (χ3v) is 4.85. The van der Waals surface area contributed by atoms with Gasteiger partial charge in [-0.1, -0.05) is 6.92 Å². The van der Waals surface area contributed by atoms with E-state index in [1.54, 1.807) is 0 Å². The summed E-state index contributed by atoms with van der Waals surface area (Å²) in [6.45, 7) is 7.54. The van der Waals surface area contributed by atoms with Crippen molar-refractivity contribution < 1.29 is 4.79 Å². The van der Waals surface area contributed by atoms with Crippen LogP contribution < -0.4 is 5.73 Å². The van der Waals surface area contributed by atoms with E-state index in [0.29, 0.717) is 12.0 Å². The SMILES string of the molecule is CCCN1CCC(N(C)C(=O)C(C)(N)C2CC2)CC1. The average Bonchev–Trinajstić information content (AvgIpc) is 3.23. The first-order valence-electron chi connectivity index (χ1n) is 7.75. The van der Waals surface area contributed by atoms with Crippen molar-refractivity contribution >= 4 is 5.91 Å². The lowest BCUT2D eigenvalue weighted by Gasteiger charge is -2.39. The maximum atomic E-state index is 12.5. The number of likely N-dealkylation sites (tertiary alicyclic amines) is 1. The summed E-state index contributed by atoms with van der Waals surface area (Å²) in [7, 11) is 1.94. The molecule has 0 radical (unpaired) electrons. The molecule has 2 aliphatic rings. The Hall–Kier alpha value is -0.610. The van der Waals surface area contributed by atoms with Gasteiger partial charge in [0.05, 0.1) is 5.54 Å². The predicted molar refractivity (Wildman–Crippen MR) is 77.8 cm³/mol. The maximum absolute atomic E-state index is 12.5. The van der Waals surface area contributed by atoms with Crippen LogP contribution in [0.2, 0.25) is 0 Å². The van der Waals surface area contributed by atoms with E-state index in [2.05, 4.69) is 11.8 Å². The minimum atomic E-state index is -0.644. The molecular formula is C15H29N3O. The standard InChI is InChI=1S/C15H29N3O/c1-4-9-18-10-7-13(8-11-18)17(3)14(19)15(2,16)12-5-6-12/h12-13H,4-11,16H2,1-3H3. The highest BCUT2D eigenvalue weighted by Crippen LogP contribution is 2.39. The molecule has 0 spiro atoms. The molecule has 0 bridgehead atoms. The summed E-state index contributed by atoms with van der Waals surface area (Å²) < 4.78 is 0. The molecule has 1 amide bonds. The number of carbonyl (C=O) groups excluding carboxylic acids is 1. The quantitative estimate of drug-likeness (QED) is 0.820.